The minimum absolute atomic E-state index is 0.0504. The van der Waals surface area contributed by atoms with E-state index in [1.54, 1.807) is 0 Å². The predicted octanol–water partition coefficient (Wildman–Crippen LogP) is 12.2. The van der Waals surface area contributed by atoms with Crippen LogP contribution in [-0.4, -0.2) is 40.5 Å². The SMILES string of the molecule is C1=CC2c3ccc4c5ccccc5n(-c5ccccc5)c4c3N(c3nc(-c4ccccc4)nc(-c4ccc(-c5nc(-c6ccccc6)nc(-c6ccccc6)n5)cc4)n3)C2C=C1. The van der Waals surface area contributed by atoms with Crippen LogP contribution in [-0.2, 0) is 0 Å². The Hall–Kier alpha value is -8.36. The van der Waals surface area contributed by atoms with Gasteiger partial charge >= 0.3 is 0 Å². The smallest absolute Gasteiger partial charge is 0.234 e. The van der Waals surface area contributed by atoms with Crippen molar-refractivity contribution < 1.29 is 0 Å². The number of allylic oxidation sites excluding steroid dienone is 2. The zero-order valence-electron chi connectivity index (χ0n) is 33.4. The van der Waals surface area contributed by atoms with E-state index >= 15 is 0 Å². The maximum Gasteiger partial charge on any atom is 0.234 e. The molecule has 0 amide bonds. The molecule has 1 aliphatic carbocycles. The second-order valence-electron chi connectivity index (χ2n) is 15.5. The first kappa shape index (κ1) is 35.6. The minimum atomic E-state index is -0.0504. The van der Waals surface area contributed by atoms with Gasteiger partial charge < -0.3 is 9.47 Å². The fourth-order valence-corrected chi connectivity index (χ4v) is 8.96. The average Bonchev–Trinajstić information content (AvgIpc) is 3.88. The van der Waals surface area contributed by atoms with Crippen molar-refractivity contribution in [3.05, 3.63) is 212 Å². The summed E-state index contributed by atoms with van der Waals surface area (Å²) in [5.74, 6) is 3.67. The molecule has 3 aromatic heterocycles. The van der Waals surface area contributed by atoms with Gasteiger partial charge in [0.25, 0.3) is 0 Å². The summed E-state index contributed by atoms with van der Waals surface area (Å²) in [5, 5.41) is 2.37. The fraction of sp³-hybridized carbons (Fsp3) is 0.0370. The molecule has 0 radical (unpaired) electrons. The summed E-state index contributed by atoms with van der Waals surface area (Å²) in [6.45, 7) is 0. The maximum atomic E-state index is 5.37. The van der Waals surface area contributed by atoms with Gasteiger partial charge in [-0.05, 0) is 23.8 Å². The van der Waals surface area contributed by atoms with Crippen LogP contribution in [0.2, 0.25) is 0 Å². The van der Waals surface area contributed by atoms with Gasteiger partial charge in [0.1, 0.15) is 0 Å². The van der Waals surface area contributed by atoms with Crippen molar-refractivity contribution in [1.82, 2.24) is 34.5 Å². The van der Waals surface area contributed by atoms with Gasteiger partial charge in [-0.2, -0.15) is 9.97 Å². The van der Waals surface area contributed by atoms with Gasteiger partial charge in [-0.15, -0.1) is 0 Å². The summed E-state index contributed by atoms with van der Waals surface area (Å²) in [5.41, 5.74) is 10.2. The molecule has 10 aromatic rings. The second-order valence-corrected chi connectivity index (χ2v) is 15.5. The summed E-state index contributed by atoms with van der Waals surface area (Å²) in [6.07, 6.45) is 8.86. The van der Waals surface area contributed by atoms with Gasteiger partial charge in [0.2, 0.25) is 5.95 Å². The maximum absolute atomic E-state index is 5.37. The largest absolute Gasteiger partial charge is 0.307 e. The third-order valence-corrected chi connectivity index (χ3v) is 11.8. The molecule has 0 N–H and O–H groups in total. The minimum Gasteiger partial charge on any atom is -0.307 e. The Morgan fingerprint density at radius 3 is 1.37 bits per heavy atom. The first-order chi connectivity index (χ1) is 30.7. The molecule has 0 saturated heterocycles. The first-order valence-corrected chi connectivity index (χ1v) is 20.8. The first-order valence-electron chi connectivity index (χ1n) is 20.8. The quantitative estimate of drug-likeness (QED) is 0.159. The predicted molar refractivity (Wildman–Crippen MR) is 248 cm³/mol. The molecule has 1 aliphatic heterocycles. The highest BCUT2D eigenvalue weighted by Gasteiger charge is 2.41. The molecule has 0 spiro atoms. The molecular formula is C54H36N8. The van der Waals surface area contributed by atoms with Crippen molar-refractivity contribution in [3.8, 4) is 62.6 Å². The van der Waals surface area contributed by atoms with E-state index in [2.05, 4.69) is 113 Å². The Labute approximate surface area is 357 Å². The lowest BCUT2D eigenvalue weighted by Crippen LogP contribution is -2.30. The van der Waals surface area contributed by atoms with Gasteiger partial charge in [0.15, 0.2) is 29.1 Å². The normalized spacial score (nSPS) is 15.3. The highest BCUT2D eigenvalue weighted by molar-refractivity contribution is 6.15. The number of nitrogens with zero attached hydrogens (tertiary/aromatic N) is 8. The van der Waals surface area contributed by atoms with Crippen molar-refractivity contribution in [1.29, 1.82) is 0 Å². The molecule has 4 heterocycles. The summed E-state index contributed by atoms with van der Waals surface area (Å²) in [6, 6.07) is 62.2. The van der Waals surface area contributed by atoms with Crippen LogP contribution >= 0.6 is 0 Å². The third kappa shape index (κ3) is 5.99. The van der Waals surface area contributed by atoms with Crippen LogP contribution in [0.3, 0.4) is 0 Å². The van der Waals surface area contributed by atoms with Gasteiger partial charge in [-0.3, -0.25) is 0 Å². The molecule has 12 rings (SSSR count). The molecule has 8 heteroatoms. The number of rotatable bonds is 7. The highest BCUT2D eigenvalue weighted by atomic mass is 15.3. The van der Waals surface area contributed by atoms with E-state index < -0.39 is 0 Å². The average molecular weight is 797 g/mol. The molecule has 7 aromatic carbocycles. The number of anilines is 2. The monoisotopic (exact) mass is 796 g/mol. The number of hydrogen-bond donors (Lipinski definition) is 0. The number of hydrogen-bond acceptors (Lipinski definition) is 7. The Morgan fingerprint density at radius 1 is 0.371 bits per heavy atom. The standard InChI is InChI=1S/C54H36N8/c1-5-17-35(18-6-1)49-55-50(36-19-7-2-8-20-36)57-51(56-49)38-29-31-39(32-30-38)53-58-52(37-21-9-3-10-22-37)59-54(60-53)62-46-28-16-14-26-42(46)44-34-33-43-41-25-13-15-27-45(41)61(47(43)48(44)62)40-23-11-4-12-24-40/h1-34,42,46H. The van der Waals surface area contributed by atoms with Crippen molar-refractivity contribution in [2.75, 3.05) is 4.90 Å². The van der Waals surface area contributed by atoms with Gasteiger partial charge in [0, 0.05) is 50.2 Å². The van der Waals surface area contributed by atoms with Crippen molar-refractivity contribution in [2.45, 2.75) is 12.0 Å². The number of para-hydroxylation sites is 2. The molecule has 8 nitrogen and oxygen atoms in total. The molecule has 2 atom stereocenters. The molecule has 62 heavy (non-hydrogen) atoms. The zero-order valence-corrected chi connectivity index (χ0v) is 33.4. The number of aromatic nitrogens is 7. The van der Waals surface area contributed by atoms with Gasteiger partial charge in [-0.25, -0.2) is 19.9 Å². The number of fused-ring (bicyclic) bond motifs is 7. The lowest BCUT2D eigenvalue weighted by Gasteiger charge is -2.27. The summed E-state index contributed by atoms with van der Waals surface area (Å²) in [4.78, 5) is 33.0. The van der Waals surface area contributed by atoms with E-state index in [1.807, 2.05) is 103 Å². The van der Waals surface area contributed by atoms with E-state index in [9.17, 15) is 0 Å². The molecule has 292 valence electrons. The van der Waals surface area contributed by atoms with E-state index in [0.29, 0.717) is 35.1 Å². The molecule has 0 saturated carbocycles. The second kappa shape index (κ2) is 14.7. The van der Waals surface area contributed by atoms with Crippen molar-refractivity contribution >= 4 is 33.4 Å². The molecular weight excluding hydrogens is 761 g/mol. The molecule has 0 fully saturated rings. The van der Waals surface area contributed by atoms with Crippen LogP contribution in [0.15, 0.2) is 206 Å². The van der Waals surface area contributed by atoms with Crippen molar-refractivity contribution in [2.24, 2.45) is 0 Å². The Morgan fingerprint density at radius 2 is 0.823 bits per heavy atom. The fourth-order valence-electron chi connectivity index (χ4n) is 8.96. The van der Waals surface area contributed by atoms with Crippen LogP contribution in [0.25, 0.3) is 84.4 Å². The summed E-state index contributed by atoms with van der Waals surface area (Å²) < 4.78 is 2.40. The van der Waals surface area contributed by atoms with Gasteiger partial charge in [-0.1, -0.05) is 188 Å². The summed E-state index contributed by atoms with van der Waals surface area (Å²) in [7, 11) is 0. The van der Waals surface area contributed by atoms with Crippen LogP contribution in [0.4, 0.5) is 11.6 Å². The summed E-state index contributed by atoms with van der Waals surface area (Å²) >= 11 is 0. The molecule has 2 aliphatic rings. The molecule has 2 unspecified atom stereocenters. The third-order valence-electron chi connectivity index (χ3n) is 11.8. The topological polar surface area (TPSA) is 85.5 Å². The Balaban J connectivity index is 1.03. The molecule has 0 bridgehead atoms. The van der Waals surface area contributed by atoms with Crippen molar-refractivity contribution in [3.63, 3.8) is 0 Å². The Bertz CT molecular complexity index is 3290. The highest BCUT2D eigenvalue weighted by Crippen LogP contribution is 2.52. The Kier molecular flexibility index (Phi) is 8.45. The lowest BCUT2D eigenvalue weighted by molar-refractivity contribution is 0.728. The van der Waals surface area contributed by atoms with E-state index in [4.69, 9.17) is 29.9 Å². The number of benzene rings is 7. The van der Waals surface area contributed by atoms with Crippen LogP contribution < -0.4 is 4.90 Å². The van der Waals surface area contributed by atoms with E-state index in [1.165, 1.54) is 16.3 Å². The zero-order chi connectivity index (χ0) is 41.0. The lowest BCUT2D eigenvalue weighted by atomic mass is 9.91. The van der Waals surface area contributed by atoms with Crippen LogP contribution in [0.5, 0.6) is 0 Å². The van der Waals surface area contributed by atoms with Crippen LogP contribution in [0, 0.1) is 0 Å². The van der Waals surface area contributed by atoms with E-state index in [-0.39, 0.29) is 12.0 Å². The van der Waals surface area contributed by atoms with Crippen LogP contribution in [0.1, 0.15) is 11.5 Å². The van der Waals surface area contributed by atoms with E-state index in [0.717, 1.165) is 50.2 Å². The van der Waals surface area contributed by atoms with Gasteiger partial charge in [0.05, 0.1) is 22.8 Å².